The van der Waals surface area contributed by atoms with Crippen LogP contribution in [0.2, 0.25) is 0 Å². The zero-order chi connectivity index (χ0) is 12.0. The van der Waals surface area contributed by atoms with Gasteiger partial charge in [-0.3, -0.25) is 4.68 Å². The van der Waals surface area contributed by atoms with Crippen molar-refractivity contribution >= 4 is 15.9 Å². The average Bonchev–Trinajstić information content (AvgIpc) is 2.77. The molecule has 0 aliphatic heterocycles. The third kappa shape index (κ3) is 2.18. The zero-order valence-corrected chi connectivity index (χ0v) is 12.3. The Balaban J connectivity index is 1.72. The van der Waals surface area contributed by atoms with Gasteiger partial charge in [-0.2, -0.15) is 5.10 Å². The van der Waals surface area contributed by atoms with Crippen molar-refractivity contribution in [3.63, 3.8) is 0 Å². The fraction of sp³-hybridized carbons (Fsp3) is 0.786. The molecule has 17 heavy (non-hydrogen) atoms. The quantitative estimate of drug-likeness (QED) is 0.773. The van der Waals surface area contributed by atoms with Crippen molar-refractivity contribution in [3.05, 3.63) is 18.0 Å². The molecular weight excluding hydrogens is 276 g/mol. The highest BCUT2D eigenvalue weighted by atomic mass is 79.9. The van der Waals surface area contributed by atoms with Crippen molar-refractivity contribution in [1.29, 1.82) is 0 Å². The Morgan fingerprint density at radius 1 is 1.47 bits per heavy atom. The summed E-state index contributed by atoms with van der Waals surface area (Å²) in [5, 5.41) is 5.84. The van der Waals surface area contributed by atoms with E-state index in [0.717, 1.165) is 23.6 Å². The minimum absolute atomic E-state index is 0.473. The first-order chi connectivity index (χ1) is 8.12. The van der Waals surface area contributed by atoms with E-state index >= 15 is 0 Å². The van der Waals surface area contributed by atoms with E-state index < -0.39 is 0 Å². The van der Waals surface area contributed by atoms with E-state index in [-0.39, 0.29) is 0 Å². The van der Waals surface area contributed by atoms with Crippen LogP contribution in [0.15, 0.2) is 12.3 Å². The SMILES string of the molecule is CC(C)n1ccc(CC2(CBr)CC3CC3C2)n1. The maximum Gasteiger partial charge on any atom is 0.0630 e. The van der Waals surface area contributed by atoms with Crippen molar-refractivity contribution in [2.75, 3.05) is 5.33 Å². The average molecular weight is 297 g/mol. The van der Waals surface area contributed by atoms with Gasteiger partial charge in [-0.15, -0.1) is 0 Å². The Kier molecular flexibility index (Phi) is 2.85. The monoisotopic (exact) mass is 296 g/mol. The van der Waals surface area contributed by atoms with E-state index in [2.05, 4.69) is 46.7 Å². The Morgan fingerprint density at radius 3 is 2.71 bits per heavy atom. The summed E-state index contributed by atoms with van der Waals surface area (Å²) in [7, 11) is 0. The van der Waals surface area contributed by atoms with Crippen LogP contribution in [-0.4, -0.2) is 15.1 Å². The fourth-order valence-electron chi connectivity index (χ4n) is 3.45. The molecule has 1 aromatic rings. The Labute approximate surface area is 112 Å². The first-order valence-corrected chi connectivity index (χ1v) is 7.84. The van der Waals surface area contributed by atoms with Gasteiger partial charge >= 0.3 is 0 Å². The summed E-state index contributed by atoms with van der Waals surface area (Å²) in [5.41, 5.74) is 1.78. The lowest BCUT2D eigenvalue weighted by Crippen LogP contribution is -2.24. The fourth-order valence-corrected chi connectivity index (χ4v) is 4.11. The summed E-state index contributed by atoms with van der Waals surface area (Å²) in [6.07, 6.45) is 7.60. The summed E-state index contributed by atoms with van der Waals surface area (Å²) in [6, 6.07) is 2.68. The van der Waals surface area contributed by atoms with Gasteiger partial charge in [-0.25, -0.2) is 0 Å². The number of alkyl halides is 1. The van der Waals surface area contributed by atoms with E-state index in [1.54, 1.807) is 0 Å². The van der Waals surface area contributed by atoms with Gasteiger partial charge in [0, 0.05) is 17.6 Å². The highest BCUT2D eigenvalue weighted by Crippen LogP contribution is 2.61. The summed E-state index contributed by atoms with van der Waals surface area (Å²) in [6.45, 7) is 4.36. The largest absolute Gasteiger partial charge is 0.270 e. The second kappa shape index (κ2) is 4.11. The van der Waals surface area contributed by atoms with Gasteiger partial charge in [-0.05, 0) is 62.8 Å². The van der Waals surface area contributed by atoms with Crippen LogP contribution >= 0.6 is 15.9 Å². The van der Waals surface area contributed by atoms with Crippen molar-refractivity contribution < 1.29 is 0 Å². The molecule has 1 heterocycles. The molecule has 3 rings (SSSR count). The predicted octanol–water partition coefficient (Wildman–Crippen LogP) is 3.82. The molecule has 2 atom stereocenters. The molecule has 2 nitrogen and oxygen atoms in total. The topological polar surface area (TPSA) is 17.8 Å². The number of hydrogen-bond donors (Lipinski definition) is 0. The summed E-state index contributed by atoms with van der Waals surface area (Å²) >= 11 is 3.74. The molecule has 3 heteroatoms. The molecule has 0 N–H and O–H groups in total. The maximum absolute atomic E-state index is 4.70. The van der Waals surface area contributed by atoms with E-state index in [1.807, 2.05) is 0 Å². The van der Waals surface area contributed by atoms with E-state index in [4.69, 9.17) is 5.10 Å². The van der Waals surface area contributed by atoms with Gasteiger partial charge in [0.1, 0.15) is 0 Å². The number of rotatable bonds is 4. The number of aromatic nitrogens is 2. The van der Waals surface area contributed by atoms with Gasteiger partial charge in [-0.1, -0.05) is 15.9 Å². The molecule has 94 valence electrons. The first-order valence-electron chi connectivity index (χ1n) is 6.72. The van der Waals surface area contributed by atoms with Crippen molar-refractivity contribution in [2.45, 2.75) is 45.6 Å². The van der Waals surface area contributed by atoms with Crippen molar-refractivity contribution in [1.82, 2.24) is 9.78 Å². The second-order valence-corrected chi connectivity index (χ2v) is 6.92. The molecule has 0 spiro atoms. The summed E-state index contributed by atoms with van der Waals surface area (Å²) in [4.78, 5) is 0. The van der Waals surface area contributed by atoms with Crippen LogP contribution in [0.4, 0.5) is 0 Å². The zero-order valence-electron chi connectivity index (χ0n) is 10.7. The van der Waals surface area contributed by atoms with Crippen molar-refractivity contribution in [2.24, 2.45) is 17.3 Å². The van der Waals surface area contributed by atoms with Crippen LogP contribution in [0.1, 0.15) is 44.8 Å². The van der Waals surface area contributed by atoms with Crippen LogP contribution in [0.3, 0.4) is 0 Å². The maximum atomic E-state index is 4.70. The minimum Gasteiger partial charge on any atom is -0.270 e. The molecule has 0 amide bonds. The molecule has 0 bridgehead atoms. The third-order valence-electron chi connectivity index (χ3n) is 4.49. The smallest absolute Gasteiger partial charge is 0.0630 e. The molecule has 2 saturated carbocycles. The Morgan fingerprint density at radius 2 is 2.18 bits per heavy atom. The number of fused-ring (bicyclic) bond motifs is 1. The predicted molar refractivity (Wildman–Crippen MR) is 73.4 cm³/mol. The van der Waals surface area contributed by atoms with Gasteiger partial charge in [0.2, 0.25) is 0 Å². The number of nitrogens with zero attached hydrogens (tertiary/aromatic N) is 2. The van der Waals surface area contributed by atoms with E-state index in [1.165, 1.54) is 25.0 Å². The van der Waals surface area contributed by atoms with Gasteiger partial charge in [0.05, 0.1) is 5.69 Å². The Hall–Kier alpha value is -0.310. The summed E-state index contributed by atoms with van der Waals surface area (Å²) < 4.78 is 2.08. The molecule has 0 radical (unpaired) electrons. The van der Waals surface area contributed by atoms with E-state index in [0.29, 0.717) is 11.5 Å². The molecule has 2 aliphatic carbocycles. The van der Waals surface area contributed by atoms with Gasteiger partial charge in [0.15, 0.2) is 0 Å². The molecule has 2 unspecified atom stereocenters. The second-order valence-electron chi connectivity index (χ2n) is 6.36. The molecule has 1 aromatic heterocycles. The van der Waals surface area contributed by atoms with Crippen LogP contribution in [-0.2, 0) is 6.42 Å². The van der Waals surface area contributed by atoms with Crippen LogP contribution in [0.25, 0.3) is 0 Å². The first kappa shape index (κ1) is 11.8. The molecule has 2 aliphatic rings. The molecule has 0 aromatic carbocycles. The van der Waals surface area contributed by atoms with Crippen LogP contribution in [0, 0.1) is 17.3 Å². The van der Waals surface area contributed by atoms with Crippen LogP contribution in [0.5, 0.6) is 0 Å². The standard InChI is InChI=1S/C14H21BrN2/c1-10(2)17-4-3-13(16-17)8-14(9-15)6-11-5-12(11)7-14/h3-4,10-12H,5-9H2,1-2H3. The number of hydrogen-bond acceptors (Lipinski definition) is 1. The molecular formula is C14H21BrN2. The van der Waals surface area contributed by atoms with Gasteiger partial charge in [0.25, 0.3) is 0 Å². The lowest BCUT2D eigenvalue weighted by atomic mass is 9.81. The third-order valence-corrected chi connectivity index (χ3v) is 5.68. The van der Waals surface area contributed by atoms with Crippen molar-refractivity contribution in [3.8, 4) is 0 Å². The molecule has 2 fully saturated rings. The highest BCUT2D eigenvalue weighted by Gasteiger charge is 2.53. The van der Waals surface area contributed by atoms with Crippen LogP contribution < -0.4 is 0 Å². The highest BCUT2D eigenvalue weighted by molar-refractivity contribution is 9.09. The van der Waals surface area contributed by atoms with E-state index in [9.17, 15) is 0 Å². The lowest BCUT2D eigenvalue weighted by molar-refractivity contribution is 0.303. The summed E-state index contributed by atoms with van der Waals surface area (Å²) in [5.74, 6) is 2.08. The molecule has 0 saturated heterocycles. The Bertz CT molecular complexity index is 400. The normalized spacial score (nSPS) is 35.3. The van der Waals surface area contributed by atoms with Gasteiger partial charge < -0.3 is 0 Å². The lowest BCUT2D eigenvalue weighted by Gasteiger charge is -2.27. The number of halogens is 1. The minimum atomic E-state index is 0.473.